The third kappa shape index (κ3) is 1.28. The first-order chi connectivity index (χ1) is 6.70. The van der Waals surface area contributed by atoms with Crippen molar-refractivity contribution >= 4 is 10.9 Å². The van der Waals surface area contributed by atoms with E-state index >= 15 is 0 Å². The Morgan fingerprint density at radius 1 is 1.21 bits per heavy atom. The maximum atomic E-state index is 9.46. The molecule has 14 heavy (non-hydrogen) atoms. The molecule has 5 heteroatoms. The summed E-state index contributed by atoms with van der Waals surface area (Å²) in [6.45, 7) is 0. The molecule has 0 saturated heterocycles. The minimum Gasteiger partial charge on any atom is -0.508 e. The van der Waals surface area contributed by atoms with E-state index in [9.17, 15) is 10.2 Å². The Morgan fingerprint density at radius 2 is 2.00 bits per heavy atom. The van der Waals surface area contributed by atoms with Gasteiger partial charge in [0.1, 0.15) is 5.75 Å². The fourth-order valence-electron chi connectivity index (χ4n) is 1.17. The van der Waals surface area contributed by atoms with Gasteiger partial charge in [0.15, 0.2) is 0 Å². The summed E-state index contributed by atoms with van der Waals surface area (Å²) in [6, 6.07) is 4.50. The van der Waals surface area contributed by atoms with Crippen LogP contribution < -0.4 is 4.74 Å². The van der Waals surface area contributed by atoms with E-state index in [0.717, 1.165) is 0 Å². The van der Waals surface area contributed by atoms with E-state index in [2.05, 4.69) is 9.97 Å². The minimum absolute atomic E-state index is 0.0700. The molecule has 0 bridgehead atoms. The Hall–Kier alpha value is -2.04. The third-order valence-electron chi connectivity index (χ3n) is 1.82. The van der Waals surface area contributed by atoms with E-state index in [4.69, 9.17) is 4.74 Å². The SMILES string of the molecule is COc1nc(O)c2ccc(O)cc2n1. The fourth-order valence-corrected chi connectivity index (χ4v) is 1.17. The number of hydrogen-bond donors (Lipinski definition) is 2. The van der Waals surface area contributed by atoms with Gasteiger partial charge in [0.05, 0.1) is 18.0 Å². The van der Waals surface area contributed by atoms with Crippen LogP contribution >= 0.6 is 0 Å². The molecule has 5 nitrogen and oxygen atoms in total. The lowest BCUT2D eigenvalue weighted by atomic mass is 10.2. The first-order valence-corrected chi connectivity index (χ1v) is 3.94. The second kappa shape index (κ2) is 3.02. The van der Waals surface area contributed by atoms with Gasteiger partial charge in [0, 0.05) is 6.07 Å². The topological polar surface area (TPSA) is 75.5 Å². The van der Waals surface area contributed by atoms with Crippen molar-refractivity contribution in [1.29, 1.82) is 0 Å². The number of methoxy groups -OCH3 is 1. The number of phenolic OH excluding ortho intramolecular Hbond substituents is 1. The Labute approximate surface area is 79.6 Å². The molecule has 0 atom stereocenters. The molecule has 0 fully saturated rings. The molecule has 0 aliphatic heterocycles. The van der Waals surface area contributed by atoms with Crippen LogP contribution in [0.2, 0.25) is 0 Å². The number of aromatic nitrogens is 2. The zero-order valence-corrected chi connectivity index (χ0v) is 7.43. The second-order valence-corrected chi connectivity index (χ2v) is 2.74. The normalized spacial score (nSPS) is 10.4. The Morgan fingerprint density at radius 3 is 2.71 bits per heavy atom. The van der Waals surface area contributed by atoms with Crippen LogP contribution in [0.4, 0.5) is 0 Å². The van der Waals surface area contributed by atoms with Gasteiger partial charge >= 0.3 is 6.01 Å². The smallest absolute Gasteiger partial charge is 0.320 e. The predicted molar refractivity (Wildman–Crippen MR) is 49.4 cm³/mol. The van der Waals surface area contributed by atoms with Crippen LogP contribution in [0.5, 0.6) is 17.6 Å². The highest BCUT2D eigenvalue weighted by Crippen LogP contribution is 2.26. The number of hydrogen-bond acceptors (Lipinski definition) is 5. The molecule has 0 spiro atoms. The number of nitrogens with zero attached hydrogens (tertiary/aromatic N) is 2. The molecule has 0 amide bonds. The highest BCUT2D eigenvalue weighted by atomic mass is 16.5. The van der Waals surface area contributed by atoms with Crippen molar-refractivity contribution in [2.24, 2.45) is 0 Å². The standard InChI is InChI=1S/C9H8N2O3/c1-14-9-10-7-4-5(12)2-3-6(7)8(13)11-9/h2-4,12H,1H3,(H,10,11,13). The van der Waals surface area contributed by atoms with Crippen molar-refractivity contribution < 1.29 is 14.9 Å². The summed E-state index contributed by atoms with van der Waals surface area (Å²) in [5.74, 6) is -0.0792. The minimum atomic E-state index is -0.160. The highest BCUT2D eigenvalue weighted by Gasteiger charge is 2.06. The molecule has 0 radical (unpaired) electrons. The van der Waals surface area contributed by atoms with Crippen LogP contribution in [0.1, 0.15) is 0 Å². The van der Waals surface area contributed by atoms with E-state index in [1.54, 1.807) is 6.07 Å². The van der Waals surface area contributed by atoms with Gasteiger partial charge in [-0.05, 0) is 12.1 Å². The summed E-state index contributed by atoms with van der Waals surface area (Å²) in [4.78, 5) is 7.65. The largest absolute Gasteiger partial charge is 0.508 e. The molecule has 2 rings (SSSR count). The second-order valence-electron chi connectivity index (χ2n) is 2.74. The fraction of sp³-hybridized carbons (Fsp3) is 0.111. The van der Waals surface area contributed by atoms with Gasteiger partial charge in [-0.25, -0.2) is 0 Å². The lowest BCUT2D eigenvalue weighted by Gasteiger charge is -2.02. The molecular formula is C9H8N2O3. The van der Waals surface area contributed by atoms with Crippen LogP contribution in [0.15, 0.2) is 18.2 Å². The van der Waals surface area contributed by atoms with Gasteiger partial charge in [-0.1, -0.05) is 0 Å². The van der Waals surface area contributed by atoms with Crippen molar-refractivity contribution in [1.82, 2.24) is 9.97 Å². The molecular weight excluding hydrogens is 184 g/mol. The molecule has 72 valence electrons. The van der Waals surface area contributed by atoms with Gasteiger partial charge in [-0.3, -0.25) is 0 Å². The summed E-state index contributed by atoms with van der Waals surface area (Å²) in [6.07, 6.45) is 0. The van der Waals surface area contributed by atoms with Crippen LogP contribution in [-0.4, -0.2) is 27.3 Å². The van der Waals surface area contributed by atoms with Crippen LogP contribution in [-0.2, 0) is 0 Å². The zero-order valence-electron chi connectivity index (χ0n) is 7.43. The van der Waals surface area contributed by atoms with Gasteiger partial charge in [-0.15, -0.1) is 0 Å². The van der Waals surface area contributed by atoms with E-state index in [-0.39, 0.29) is 17.6 Å². The van der Waals surface area contributed by atoms with Crippen LogP contribution in [0.3, 0.4) is 0 Å². The van der Waals surface area contributed by atoms with Crippen LogP contribution in [0.25, 0.3) is 10.9 Å². The molecule has 1 aromatic heterocycles. The van der Waals surface area contributed by atoms with Gasteiger partial charge in [0.25, 0.3) is 0 Å². The molecule has 1 aromatic carbocycles. The third-order valence-corrected chi connectivity index (χ3v) is 1.82. The first kappa shape index (κ1) is 8.55. The number of fused-ring (bicyclic) bond motifs is 1. The molecule has 0 aliphatic carbocycles. The average molecular weight is 192 g/mol. The number of phenols is 1. The lowest BCUT2D eigenvalue weighted by Crippen LogP contribution is -1.92. The molecule has 0 unspecified atom stereocenters. The van der Waals surface area contributed by atoms with Crippen LogP contribution in [0, 0.1) is 0 Å². The number of rotatable bonds is 1. The predicted octanol–water partition coefficient (Wildman–Crippen LogP) is 1.05. The lowest BCUT2D eigenvalue weighted by molar-refractivity contribution is 0.367. The summed E-state index contributed by atoms with van der Waals surface area (Å²) < 4.78 is 4.78. The van der Waals surface area contributed by atoms with Crippen molar-refractivity contribution in [3.63, 3.8) is 0 Å². The maximum Gasteiger partial charge on any atom is 0.320 e. The Bertz CT molecular complexity index is 485. The number of ether oxygens (including phenoxy) is 1. The molecule has 1 heterocycles. The van der Waals surface area contributed by atoms with Crippen molar-refractivity contribution in [2.75, 3.05) is 7.11 Å². The van der Waals surface area contributed by atoms with E-state index < -0.39 is 0 Å². The van der Waals surface area contributed by atoms with Crippen molar-refractivity contribution in [3.05, 3.63) is 18.2 Å². The van der Waals surface area contributed by atoms with Gasteiger partial charge in [0.2, 0.25) is 5.88 Å². The Balaban J connectivity index is 2.77. The molecule has 0 aliphatic rings. The molecule has 2 aromatic rings. The van der Waals surface area contributed by atoms with Gasteiger partial charge < -0.3 is 14.9 Å². The average Bonchev–Trinajstić information content (AvgIpc) is 2.16. The summed E-state index contributed by atoms with van der Waals surface area (Å²) in [5, 5.41) is 19.1. The maximum absolute atomic E-state index is 9.46. The summed E-state index contributed by atoms with van der Waals surface area (Å²) >= 11 is 0. The summed E-state index contributed by atoms with van der Waals surface area (Å²) in [7, 11) is 1.41. The van der Waals surface area contributed by atoms with E-state index in [1.807, 2.05) is 0 Å². The monoisotopic (exact) mass is 192 g/mol. The highest BCUT2D eigenvalue weighted by molar-refractivity contribution is 5.84. The zero-order chi connectivity index (χ0) is 10.1. The van der Waals surface area contributed by atoms with Crippen molar-refractivity contribution in [2.45, 2.75) is 0 Å². The molecule has 2 N–H and O–H groups in total. The van der Waals surface area contributed by atoms with Gasteiger partial charge in [-0.2, -0.15) is 9.97 Å². The Kier molecular flexibility index (Phi) is 1.85. The van der Waals surface area contributed by atoms with E-state index in [1.165, 1.54) is 19.2 Å². The van der Waals surface area contributed by atoms with Crippen molar-refractivity contribution in [3.8, 4) is 17.6 Å². The summed E-state index contributed by atoms with van der Waals surface area (Å²) in [5.41, 5.74) is 0.439. The molecule has 0 saturated carbocycles. The number of aromatic hydroxyl groups is 2. The quantitative estimate of drug-likeness (QED) is 0.706. The number of benzene rings is 1. The van der Waals surface area contributed by atoms with E-state index in [0.29, 0.717) is 10.9 Å². The first-order valence-electron chi connectivity index (χ1n) is 3.94.